The van der Waals surface area contributed by atoms with Gasteiger partial charge in [0.15, 0.2) is 0 Å². The summed E-state index contributed by atoms with van der Waals surface area (Å²) < 4.78 is 0. The molecular formula is C11H14O. The van der Waals surface area contributed by atoms with E-state index in [2.05, 4.69) is 18.9 Å². The van der Waals surface area contributed by atoms with Crippen LogP contribution in [0.4, 0.5) is 0 Å². The number of hydrogen-bond acceptors (Lipinski definition) is 1. The first-order valence-corrected chi connectivity index (χ1v) is 4.28. The maximum atomic E-state index is 10.9. The summed E-state index contributed by atoms with van der Waals surface area (Å²) in [7, 11) is 0. The van der Waals surface area contributed by atoms with Gasteiger partial charge in [0.05, 0.1) is 0 Å². The lowest BCUT2D eigenvalue weighted by molar-refractivity contribution is -0.116. The minimum atomic E-state index is -0.242. The van der Waals surface area contributed by atoms with E-state index < -0.39 is 0 Å². The molecule has 0 heterocycles. The second kappa shape index (κ2) is 3.58. The van der Waals surface area contributed by atoms with Gasteiger partial charge in [-0.05, 0) is 26.2 Å². The maximum absolute atomic E-state index is 10.9. The summed E-state index contributed by atoms with van der Waals surface area (Å²) in [5, 5.41) is 0. The lowest BCUT2D eigenvalue weighted by Gasteiger charge is -2.28. The summed E-state index contributed by atoms with van der Waals surface area (Å²) in [5.74, 6) is 2.58. The smallest absolute Gasteiger partial charge is 0.127 e. The molecule has 1 aliphatic rings. The number of rotatable bonds is 2. The summed E-state index contributed by atoms with van der Waals surface area (Å²) in [4.78, 5) is 10.9. The van der Waals surface area contributed by atoms with E-state index in [4.69, 9.17) is 6.42 Å². The van der Waals surface area contributed by atoms with E-state index in [1.54, 1.807) is 0 Å². The molecule has 0 aromatic heterocycles. The molecule has 1 unspecified atom stereocenters. The normalized spacial score (nSPS) is 28.8. The summed E-state index contributed by atoms with van der Waals surface area (Å²) >= 11 is 0. The molecule has 1 nitrogen and oxygen atoms in total. The number of terminal acetylenes is 1. The minimum absolute atomic E-state index is 0.242. The average molecular weight is 162 g/mol. The molecule has 0 saturated heterocycles. The molecule has 0 aromatic rings. The Morgan fingerprint density at radius 2 is 2.58 bits per heavy atom. The summed E-state index contributed by atoms with van der Waals surface area (Å²) in [6.45, 7) is 2.10. The molecule has 1 heteroatoms. The molecule has 0 fully saturated rings. The molecule has 12 heavy (non-hydrogen) atoms. The van der Waals surface area contributed by atoms with E-state index in [0.717, 1.165) is 25.5 Å². The van der Waals surface area contributed by atoms with Crippen molar-refractivity contribution in [3.05, 3.63) is 11.6 Å². The van der Waals surface area contributed by atoms with Crippen LogP contribution in [0.5, 0.6) is 0 Å². The Kier molecular flexibility index (Phi) is 2.70. The molecule has 64 valence electrons. The summed E-state index contributed by atoms with van der Waals surface area (Å²) in [5.41, 5.74) is 1.14. The van der Waals surface area contributed by atoms with Crippen molar-refractivity contribution < 1.29 is 4.79 Å². The minimum Gasteiger partial charge on any atom is -0.303 e. The number of hydrogen-bond donors (Lipinski definition) is 0. The number of allylic oxidation sites excluding steroid dienone is 2. The monoisotopic (exact) mass is 162 g/mol. The molecule has 0 aliphatic heterocycles. The van der Waals surface area contributed by atoms with E-state index >= 15 is 0 Å². The Hall–Kier alpha value is -1.03. The summed E-state index contributed by atoms with van der Waals surface area (Å²) in [6.07, 6.45) is 11.7. The topological polar surface area (TPSA) is 17.1 Å². The Labute approximate surface area is 73.9 Å². The fourth-order valence-corrected chi connectivity index (χ4v) is 1.54. The van der Waals surface area contributed by atoms with E-state index in [0.29, 0.717) is 6.42 Å². The van der Waals surface area contributed by atoms with Gasteiger partial charge in [-0.1, -0.05) is 11.6 Å². The Morgan fingerprint density at radius 3 is 3.00 bits per heavy atom. The second-order valence-corrected chi connectivity index (χ2v) is 3.62. The number of aldehydes is 1. The molecule has 1 rings (SSSR count). The fraction of sp³-hybridized carbons (Fsp3) is 0.545. The lowest BCUT2D eigenvalue weighted by Crippen LogP contribution is -2.24. The average Bonchev–Trinajstić information content (AvgIpc) is 2.10. The molecule has 1 aliphatic carbocycles. The van der Waals surface area contributed by atoms with Gasteiger partial charge in [-0.2, -0.15) is 0 Å². The van der Waals surface area contributed by atoms with Crippen LogP contribution in [-0.4, -0.2) is 6.29 Å². The van der Waals surface area contributed by atoms with Gasteiger partial charge < -0.3 is 4.79 Å². The third kappa shape index (κ3) is 1.76. The molecule has 0 bridgehead atoms. The zero-order valence-electron chi connectivity index (χ0n) is 7.47. The van der Waals surface area contributed by atoms with Crippen LogP contribution in [0.25, 0.3) is 0 Å². The van der Waals surface area contributed by atoms with Crippen LogP contribution in [0.15, 0.2) is 11.6 Å². The maximum Gasteiger partial charge on any atom is 0.127 e. The van der Waals surface area contributed by atoms with Crippen LogP contribution < -0.4 is 0 Å². The molecule has 1 atom stereocenters. The van der Waals surface area contributed by atoms with Crippen molar-refractivity contribution >= 4 is 6.29 Å². The molecule has 0 N–H and O–H groups in total. The van der Waals surface area contributed by atoms with E-state index in [1.807, 2.05) is 0 Å². The SMILES string of the molecule is C#CCC1(C=O)CC=C(C)CC1. The third-order valence-corrected chi connectivity index (χ3v) is 2.58. The highest BCUT2D eigenvalue weighted by Gasteiger charge is 2.29. The van der Waals surface area contributed by atoms with Crippen molar-refractivity contribution in [1.82, 2.24) is 0 Å². The van der Waals surface area contributed by atoms with Gasteiger partial charge in [-0.3, -0.25) is 0 Å². The van der Waals surface area contributed by atoms with Crippen molar-refractivity contribution in [2.45, 2.75) is 32.6 Å². The van der Waals surface area contributed by atoms with Gasteiger partial charge >= 0.3 is 0 Å². The lowest BCUT2D eigenvalue weighted by atomic mass is 9.74. The van der Waals surface area contributed by atoms with E-state index in [1.165, 1.54) is 5.57 Å². The highest BCUT2D eigenvalue weighted by Crippen LogP contribution is 2.35. The van der Waals surface area contributed by atoms with Gasteiger partial charge in [0.1, 0.15) is 6.29 Å². The highest BCUT2D eigenvalue weighted by atomic mass is 16.1. The van der Waals surface area contributed by atoms with Crippen molar-refractivity contribution in [3.63, 3.8) is 0 Å². The first-order valence-electron chi connectivity index (χ1n) is 4.28. The van der Waals surface area contributed by atoms with Crippen LogP contribution in [0.2, 0.25) is 0 Å². The van der Waals surface area contributed by atoms with Crippen molar-refractivity contribution in [3.8, 4) is 12.3 Å². The standard InChI is InChI=1S/C11H14O/c1-3-6-11(9-12)7-4-10(2)5-8-11/h1,4,9H,5-8H2,2H3. The Morgan fingerprint density at radius 1 is 1.83 bits per heavy atom. The Bertz CT molecular complexity index is 244. The van der Waals surface area contributed by atoms with Crippen LogP contribution in [0.3, 0.4) is 0 Å². The van der Waals surface area contributed by atoms with Crippen LogP contribution >= 0.6 is 0 Å². The fourth-order valence-electron chi connectivity index (χ4n) is 1.54. The first kappa shape index (κ1) is 9.06. The van der Waals surface area contributed by atoms with Crippen molar-refractivity contribution in [2.24, 2.45) is 5.41 Å². The van der Waals surface area contributed by atoms with E-state index in [9.17, 15) is 4.79 Å². The van der Waals surface area contributed by atoms with Gasteiger partial charge in [-0.25, -0.2) is 0 Å². The van der Waals surface area contributed by atoms with Gasteiger partial charge in [0, 0.05) is 11.8 Å². The van der Waals surface area contributed by atoms with Crippen LogP contribution in [-0.2, 0) is 4.79 Å². The molecule has 0 amide bonds. The highest BCUT2D eigenvalue weighted by molar-refractivity contribution is 5.61. The first-order chi connectivity index (χ1) is 5.72. The largest absolute Gasteiger partial charge is 0.303 e. The quantitative estimate of drug-likeness (QED) is 0.346. The third-order valence-electron chi connectivity index (χ3n) is 2.58. The molecule has 0 saturated carbocycles. The Balaban J connectivity index is 2.72. The molecule has 0 spiro atoms. The molecule has 0 radical (unpaired) electrons. The van der Waals surface area contributed by atoms with Crippen molar-refractivity contribution in [2.75, 3.05) is 0 Å². The van der Waals surface area contributed by atoms with Gasteiger partial charge in [-0.15, -0.1) is 12.3 Å². The zero-order valence-corrected chi connectivity index (χ0v) is 7.47. The molecule has 0 aromatic carbocycles. The zero-order chi connectivity index (χ0) is 9.03. The predicted octanol–water partition coefficient (Wildman–Crippen LogP) is 2.33. The van der Waals surface area contributed by atoms with Gasteiger partial charge in [0.25, 0.3) is 0 Å². The second-order valence-electron chi connectivity index (χ2n) is 3.62. The number of carbonyl (C=O) groups is 1. The van der Waals surface area contributed by atoms with Crippen LogP contribution in [0.1, 0.15) is 32.6 Å². The predicted molar refractivity (Wildman–Crippen MR) is 49.6 cm³/mol. The van der Waals surface area contributed by atoms with E-state index in [-0.39, 0.29) is 5.41 Å². The van der Waals surface area contributed by atoms with Gasteiger partial charge in [0.2, 0.25) is 0 Å². The summed E-state index contributed by atoms with van der Waals surface area (Å²) in [6, 6.07) is 0. The van der Waals surface area contributed by atoms with Crippen LogP contribution in [0, 0.1) is 17.8 Å². The number of carbonyl (C=O) groups excluding carboxylic acids is 1. The molecular weight excluding hydrogens is 148 g/mol. The van der Waals surface area contributed by atoms with Crippen molar-refractivity contribution in [1.29, 1.82) is 0 Å².